The SMILES string of the molecule is C/C=C(C)\C(=C/C)PCCC. The molecule has 0 aliphatic rings. The largest absolute Gasteiger partial charge is 0.0905 e. The van der Waals surface area contributed by atoms with Crippen molar-refractivity contribution < 1.29 is 0 Å². The van der Waals surface area contributed by atoms with Gasteiger partial charge in [-0.2, -0.15) is 0 Å². The zero-order valence-electron chi connectivity index (χ0n) is 8.07. The van der Waals surface area contributed by atoms with Gasteiger partial charge in [-0.15, -0.1) is 0 Å². The summed E-state index contributed by atoms with van der Waals surface area (Å²) in [5, 5.41) is 1.54. The van der Waals surface area contributed by atoms with Crippen LogP contribution in [0.15, 0.2) is 23.0 Å². The van der Waals surface area contributed by atoms with Crippen molar-refractivity contribution in [2.24, 2.45) is 0 Å². The van der Waals surface area contributed by atoms with E-state index in [4.69, 9.17) is 0 Å². The van der Waals surface area contributed by atoms with E-state index in [9.17, 15) is 0 Å². The molecule has 0 radical (unpaired) electrons. The molecular formula is C10H19P. The van der Waals surface area contributed by atoms with Crippen molar-refractivity contribution in [3.05, 3.63) is 23.0 Å². The van der Waals surface area contributed by atoms with Gasteiger partial charge in [0.15, 0.2) is 0 Å². The second-order valence-corrected chi connectivity index (χ2v) is 3.99. The third kappa shape index (κ3) is 4.37. The van der Waals surface area contributed by atoms with Gasteiger partial charge in [-0.1, -0.05) is 34.1 Å². The van der Waals surface area contributed by atoms with E-state index in [0.717, 1.165) is 8.58 Å². The third-order valence-corrected chi connectivity index (χ3v) is 3.53. The van der Waals surface area contributed by atoms with E-state index >= 15 is 0 Å². The van der Waals surface area contributed by atoms with Crippen molar-refractivity contribution in [3.8, 4) is 0 Å². The third-order valence-electron chi connectivity index (χ3n) is 1.71. The summed E-state index contributed by atoms with van der Waals surface area (Å²) >= 11 is 0. The van der Waals surface area contributed by atoms with Crippen molar-refractivity contribution in [1.82, 2.24) is 0 Å². The monoisotopic (exact) mass is 170 g/mol. The van der Waals surface area contributed by atoms with E-state index in [0.29, 0.717) is 0 Å². The molecule has 1 heteroatoms. The van der Waals surface area contributed by atoms with Gasteiger partial charge in [-0.05, 0) is 37.8 Å². The summed E-state index contributed by atoms with van der Waals surface area (Å²) < 4.78 is 0. The Balaban J connectivity index is 3.98. The Morgan fingerprint density at radius 1 is 1.27 bits per heavy atom. The summed E-state index contributed by atoms with van der Waals surface area (Å²) in [4.78, 5) is 0. The molecule has 11 heavy (non-hydrogen) atoms. The van der Waals surface area contributed by atoms with Crippen LogP contribution in [-0.4, -0.2) is 6.16 Å². The lowest BCUT2D eigenvalue weighted by molar-refractivity contribution is 1.10. The lowest BCUT2D eigenvalue weighted by Crippen LogP contribution is -1.79. The Morgan fingerprint density at radius 3 is 2.27 bits per heavy atom. The Labute approximate surface area is 72.6 Å². The second-order valence-electron chi connectivity index (χ2n) is 2.60. The topological polar surface area (TPSA) is 0 Å². The van der Waals surface area contributed by atoms with E-state index < -0.39 is 0 Å². The average molecular weight is 170 g/mol. The second kappa shape index (κ2) is 6.61. The number of hydrogen-bond donors (Lipinski definition) is 0. The molecule has 0 amide bonds. The summed E-state index contributed by atoms with van der Waals surface area (Å²) in [5.41, 5.74) is 1.44. The smallest absolute Gasteiger partial charge is 0.0288 e. The van der Waals surface area contributed by atoms with Crippen LogP contribution in [0.5, 0.6) is 0 Å². The zero-order chi connectivity index (χ0) is 8.69. The Bertz CT molecular complexity index is 154. The van der Waals surface area contributed by atoms with Crippen molar-refractivity contribution in [2.75, 3.05) is 6.16 Å². The van der Waals surface area contributed by atoms with Crippen LogP contribution in [0, 0.1) is 0 Å². The quantitative estimate of drug-likeness (QED) is 0.442. The zero-order valence-corrected chi connectivity index (χ0v) is 9.07. The van der Waals surface area contributed by atoms with Gasteiger partial charge in [-0.25, -0.2) is 0 Å². The minimum Gasteiger partial charge on any atom is -0.0905 e. The van der Waals surface area contributed by atoms with Crippen LogP contribution < -0.4 is 0 Å². The average Bonchev–Trinajstić information content (AvgIpc) is 2.05. The molecular weight excluding hydrogens is 151 g/mol. The summed E-state index contributed by atoms with van der Waals surface area (Å²) in [6.45, 7) is 8.67. The molecule has 0 heterocycles. The van der Waals surface area contributed by atoms with E-state index in [1.54, 1.807) is 0 Å². The Morgan fingerprint density at radius 2 is 1.91 bits per heavy atom. The summed E-state index contributed by atoms with van der Waals surface area (Å²) in [6, 6.07) is 0. The maximum absolute atomic E-state index is 2.24. The van der Waals surface area contributed by atoms with Gasteiger partial charge in [0.2, 0.25) is 0 Å². The van der Waals surface area contributed by atoms with Crippen LogP contribution in [0.2, 0.25) is 0 Å². The lowest BCUT2D eigenvalue weighted by Gasteiger charge is -2.05. The highest BCUT2D eigenvalue weighted by Crippen LogP contribution is 2.30. The minimum absolute atomic E-state index is 1.00. The molecule has 1 atom stereocenters. The summed E-state index contributed by atoms with van der Waals surface area (Å²) in [6.07, 6.45) is 7.07. The molecule has 0 bridgehead atoms. The minimum atomic E-state index is 1.00. The molecule has 0 spiro atoms. The molecule has 0 N–H and O–H groups in total. The predicted octanol–water partition coefficient (Wildman–Crippen LogP) is 3.94. The van der Waals surface area contributed by atoms with Crippen molar-refractivity contribution in [1.29, 1.82) is 0 Å². The lowest BCUT2D eigenvalue weighted by atomic mass is 10.3. The van der Waals surface area contributed by atoms with Gasteiger partial charge in [0.1, 0.15) is 0 Å². The van der Waals surface area contributed by atoms with Gasteiger partial charge in [0.25, 0.3) is 0 Å². The highest BCUT2D eigenvalue weighted by molar-refractivity contribution is 7.43. The molecule has 0 aliphatic carbocycles. The van der Waals surface area contributed by atoms with E-state index in [-0.39, 0.29) is 0 Å². The first kappa shape index (κ1) is 10.9. The van der Waals surface area contributed by atoms with Crippen LogP contribution in [0.4, 0.5) is 0 Å². The molecule has 0 rings (SSSR count). The van der Waals surface area contributed by atoms with Crippen molar-refractivity contribution >= 4 is 8.58 Å². The fraction of sp³-hybridized carbons (Fsp3) is 0.600. The molecule has 0 aromatic heterocycles. The van der Waals surface area contributed by atoms with Gasteiger partial charge in [0, 0.05) is 0 Å². The number of hydrogen-bond acceptors (Lipinski definition) is 0. The fourth-order valence-electron chi connectivity index (χ4n) is 0.884. The molecule has 0 aromatic rings. The van der Waals surface area contributed by atoms with Crippen molar-refractivity contribution in [2.45, 2.75) is 34.1 Å². The first-order valence-corrected chi connectivity index (χ1v) is 5.50. The molecule has 0 nitrogen and oxygen atoms in total. The highest BCUT2D eigenvalue weighted by Gasteiger charge is 1.95. The first-order valence-electron chi connectivity index (χ1n) is 4.29. The van der Waals surface area contributed by atoms with Gasteiger partial charge in [0.05, 0.1) is 0 Å². The summed E-state index contributed by atoms with van der Waals surface area (Å²) in [7, 11) is 1.00. The molecule has 0 fully saturated rings. The van der Waals surface area contributed by atoms with Gasteiger partial charge >= 0.3 is 0 Å². The van der Waals surface area contributed by atoms with Crippen LogP contribution >= 0.6 is 8.58 Å². The maximum Gasteiger partial charge on any atom is -0.0288 e. The van der Waals surface area contributed by atoms with E-state index in [2.05, 4.69) is 39.8 Å². The predicted molar refractivity (Wildman–Crippen MR) is 56.7 cm³/mol. The van der Waals surface area contributed by atoms with Gasteiger partial charge in [-0.3, -0.25) is 0 Å². The van der Waals surface area contributed by atoms with Crippen molar-refractivity contribution in [3.63, 3.8) is 0 Å². The summed E-state index contributed by atoms with van der Waals surface area (Å²) in [5.74, 6) is 0. The molecule has 0 saturated carbocycles. The molecule has 1 unspecified atom stereocenters. The highest BCUT2D eigenvalue weighted by atomic mass is 31.1. The molecule has 0 saturated heterocycles. The van der Waals surface area contributed by atoms with Crippen LogP contribution in [0.3, 0.4) is 0 Å². The normalized spacial score (nSPS) is 14.9. The Hall–Kier alpha value is -0.0900. The van der Waals surface area contributed by atoms with E-state index in [1.807, 2.05) is 0 Å². The number of allylic oxidation sites excluding steroid dienone is 4. The maximum atomic E-state index is 2.24. The van der Waals surface area contributed by atoms with E-state index in [1.165, 1.54) is 23.5 Å². The molecule has 0 aromatic carbocycles. The van der Waals surface area contributed by atoms with Gasteiger partial charge < -0.3 is 0 Å². The van der Waals surface area contributed by atoms with Crippen LogP contribution in [-0.2, 0) is 0 Å². The first-order chi connectivity index (χ1) is 5.26. The fourth-order valence-corrected chi connectivity index (χ4v) is 2.03. The standard InChI is InChI=1S/C10H19P/c1-5-8-11-10(7-3)9(4)6-2/h6-7,11H,5,8H2,1-4H3/b9-6-,10-7+. The Kier molecular flexibility index (Phi) is 6.56. The van der Waals surface area contributed by atoms with Crippen LogP contribution in [0.1, 0.15) is 34.1 Å². The molecule has 64 valence electrons. The van der Waals surface area contributed by atoms with Crippen LogP contribution in [0.25, 0.3) is 0 Å². The molecule has 0 aliphatic heterocycles. The number of rotatable bonds is 4.